The lowest BCUT2D eigenvalue weighted by Gasteiger charge is -2.11. The third-order valence-corrected chi connectivity index (χ3v) is 3.24. The monoisotopic (exact) mass is 291 g/mol. The molecule has 0 atom stereocenters. The SMILES string of the molecule is Nc1ccc(Nc2ccc(F)cc2F)nc1OCC1CC1. The van der Waals surface area contributed by atoms with Crippen molar-refractivity contribution in [3.8, 4) is 5.88 Å². The number of hydrogen-bond donors (Lipinski definition) is 2. The quantitative estimate of drug-likeness (QED) is 0.885. The van der Waals surface area contributed by atoms with Gasteiger partial charge in [-0.25, -0.2) is 8.78 Å². The molecule has 3 rings (SSSR count). The summed E-state index contributed by atoms with van der Waals surface area (Å²) in [5.74, 6) is -0.0156. The predicted molar refractivity (Wildman–Crippen MR) is 76.5 cm³/mol. The number of anilines is 3. The van der Waals surface area contributed by atoms with Gasteiger partial charge in [-0.05, 0) is 43.0 Å². The van der Waals surface area contributed by atoms with Crippen LogP contribution in [-0.4, -0.2) is 11.6 Å². The first kappa shape index (κ1) is 13.6. The second kappa shape index (κ2) is 5.55. The Hall–Kier alpha value is -2.37. The Labute approximate surface area is 120 Å². The van der Waals surface area contributed by atoms with Crippen LogP contribution in [0.3, 0.4) is 0 Å². The molecule has 1 aromatic carbocycles. The van der Waals surface area contributed by atoms with Crippen molar-refractivity contribution in [3.63, 3.8) is 0 Å². The van der Waals surface area contributed by atoms with Gasteiger partial charge in [0.1, 0.15) is 17.5 Å². The molecule has 0 bridgehead atoms. The average Bonchev–Trinajstić information content (AvgIpc) is 3.26. The summed E-state index contributed by atoms with van der Waals surface area (Å²) < 4.78 is 32.0. The zero-order chi connectivity index (χ0) is 14.8. The van der Waals surface area contributed by atoms with E-state index in [-0.39, 0.29) is 5.69 Å². The number of rotatable bonds is 5. The summed E-state index contributed by atoms with van der Waals surface area (Å²) in [7, 11) is 0. The standard InChI is InChI=1S/C15H15F2N3O/c16-10-3-5-13(11(17)7-10)19-14-6-4-12(18)15(20-14)21-8-9-1-2-9/h3-7,9H,1-2,8,18H2,(H,19,20). The van der Waals surface area contributed by atoms with Gasteiger partial charge in [-0.2, -0.15) is 4.98 Å². The number of ether oxygens (including phenoxy) is 1. The van der Waals surface area contributed by atoms with E-state index in [2.05, 4.69) is 10.3 Å². The normalized spacial score (nSPS) is 14.0. The Morgan fingerprint density at radius 2 is 2.05 bits per heavy atom. The Bertz CT molecular complexity index is 659. The van der Waals surface area contributed by atoms with Gasteiger partial charge in [-0.3, -0.25) is 0 Å². The van der Waals surface area contributed by atoms with Gasteiger partial charge in [0.2, 0.25) is 5.88 Å². The van der Waals surface area contributed by atoms with Crippen molar-refractivity contribution in [2.75, 3.05) is 17.7 Å². The molecular weight excluding hydrogens is 276 g/mol. The third-order valence-electron chi connectivity index (χ3n) is 3.24. The minimum absolute atomic E-state index is 0.141. The Morgan fingerprint density at radius 3 is 2.76 bits per heavy atom. The Morgan fingerprint density at radius 1 is 1.24 bits per heavy atom. The van der Waals surface area contributed by atoms with E-state index in [4.69, 9.17) is 10.5 Å². The van der Waals surface area contributed by atoms with E-state index in [9.17, 15) is 8.78 Å². The molecule has 4 nitrogen and oxygen atoms in total. The molecule has 0 spiro atoms. The van der Waals surface area contributed by atoms with Gasteiger partial charge in [0, 0.05) is 6.07 Å². The van der Waals surface area contributed by atoms with Crippen LogP contribution in [0.2, 0.25) is 0 Å². The van der Waals surface area contributed by atoms with Crippen LogP contribution in [0.1, 0.15) is 12.8 Å². The number of aromatic nitrogens is 1. The van der Waals surface area contributed by atoms with E-state index < -0.39 is 11.6 Å². The third kappa shape index (κ3) is 3.39. The van der Waals surface area contributed by atoms with Gasteiger partial charge in [-0.15, -0.1) is 0 Å². The zero-order valence-electron chi connectivity index (χ0n) is 11.3. The fraction of sp³-hybridized carbons (Fsp3) is 0.267. The lowest BCUT2D eigenvalue weighted by molar-refractivity contribution is 0.290. The smallest absolute Gasteiger partial charge is 0.239 e. The van der Waals surface area contributed by atoms with Crippen molar-refractivity contribution in [2.45, 2.75) is 12.8 Å². The second-order valence-electron chi connectivity index (χ2n) is 5.09. The largest absolute Gasteiger partial charge is 0.476 e. The molecule has 3 N–H and O–H groups in total. The maximum absolute atomic E-state index is 13.6. The Kier molecular flexibility index (Phi) is 3.60. The number of pyridine rings is 1. The number of nitrogen functional groups attached to an aromatic ring is 1. The number of nitrogens with two attached hydrogens (primary N) is 1. The number of hydrogen-bond acceptors (Lipinski definition) is 4. The van der Waals surface area contributed by atoms with Crippen LogP contribution in [0.25, 0.3) is 0 Å². The molecule has 1 heterocycles. The summed E-state index contributed by atoms with van der Waals surface area (Å²) in [4.78, 5) is 4.21. The van der Waals surface area contributed by atoms with Crippen molar-refractivity contribution in [3.05, 3.63) is 42.0 Å². The van der Waals surface area contributed by atoms with Crippen molar-refractivity contribution >= 4 is 17.2 Å². The van der Waals surface area contributed by atoms with Gasteiger partial charge >= 0.3 is 0 Å². The topological polar surface area (TPSA) is 60.2 Å². The van der Waals surface area contributed by atoms with E-state index in [1.165, 1.54) is 25.0 Å². The van der Waals surface area contributed by atoms with E-state index in [1.54, 1.807) is 12.1 Å². The summed E-state index contributed by atoms with van der Waals surface area (Å²) in [5, 5.41) is 2.78. The van der Waals surface area contributed by atoms with E-state index in [0.29, 0.717) is 29.9 Å². The van der Waals surface area contributed by atoms with Gasteiger partial charge in [0.05, 0.1) is 18.0 Å². The number of benzene rings is 1. The predicted octanol–water partition coefficient (Wildman–Crippen LogP) is 3.47. The van der Waals surface area contributed by atoms with Crippen LogP contribution in [0.5, 0.6) is 5.88 Å². The highest BCUT2D eigenvalue weighted by atomic mass is 19.1. The minimum atomic E-state index is -0.686. The van der Waals surface area contributed by atoms with Gasteiger partial charge in [0.25, 0.3) is 0 Å². The molecule has 1 aliphatic carbocycles. The van der Waals surface area contributed by atoms with Crippen molar-refractivity contribution in [2.24, 2.45) is 5.92 Å². The molecule has 0 saturated heterocycles. The minimum Gasteiger partial charge on any atom is -0.476 e. The molecule has 21 heavy (non-hydrogen) atoms. The zero-order valence-corrected chi connectivity index (χ0v) is 11.3. The maximum atomic E-state index is 13.6. The molecule has 2 aromatic rings. The van der Waals surface area contributed by atoms with E-state index in [1.807, 2.05) is 0 Å². The van der Waals surface area contributed by atoms with E-state index in [0.717, 1.165) is 6.07 Å². The van der Waals surface area contributed by atoms with Crippen LogP contribution in [0, 0.1) is 17.6 Å². The molecular formula is C15H15F2N3O. The average molecular weight is 291 g/mol. The number of nitrogens with one attached hydrogen (secondary N) is 1. The summed E-state index contributed by atoms with van der Waals surface area (Å²) in [6.45, 7) is 0.589. The van der Waals surface area contributed by atoms with Crippen molar-refractivity contribution in [1.29, 1.82) is 0 Å². The summed E-state index contributed by atoms with van der Waals surface area (Å²) in [6.07, 6.45) is 2.33. The van der Waals surface area contributed by atoms with Crippen molar-refractivity contribution in [1.82, 2.24) is 4.98 Å². The highest BCUT2D eigenvalue weighted by Gasteiger charge is 2.22. The molecule has 1 aliphatic rings. The number of halogens is 2. The lowest BCUT2D eigenvalue weighted by Crippen LogP contribution is -2.05. The summed E-state index contributed by atoms with van der Waals surface area (Å²) in [5.41, 5.74) is 6.37. The first-order valence-electron chi connectivity index (χ1n) is 6.73. The summed E-state index contributed by atoms with van der Waals surface area (Å²) in [6, 6.07) is 6.55. The van der Waals surface area contributed by atoms with Gasteiger partial charge in [0.15, 0.2) is 0 Å². The molecule has 110 valence electrons. The molecule has 0 radical (unpaired) electrons. The highest BCUT2D eigenvalue weighted by molar-refractivity contribution is 5.61. The molecule has 1 aromatic heterocycles. The molecule has 6 heteroatoms. The fourth-order valence-electron chi connectivity index (χ4n) is 1.85. The van der Waals surface area contributed by atoms with Crippen LogP contribution in [-0.2, 0) is 0 Å². The first-order valence-corrected chi connectivity index (χ1v) is 6.73. The maximum Gasteiger partial charge on any atom is 0.239 e. The van der Waals surface area contributed by atoms with Gasteiger partial charge in [-0.1, -0.05) is 0 Å². The first-order chi connectivity index (χ1) is 10.1. The summed E-state index contributed by atoms with van der Waals surface area (Å²) >= 11 is 0. The van der Waals surface area contributed by atoms with Gasteiger partial charge < -0.3 is 15.8 Å². The van der Waals surface area contributed by atoms with E-state index >= 15 is 0 Å². The second-order valence-corrected chi connectivity index (χ2v) is 5.09. The fourth-order valence-corrected chi connectivity index (χ4v) is 1.85. The van der Waals surface area contributed by atoms with Crippen LogP contribution >= 0.6 is 0 Å². The molecule has 0 amide bonds. The molecule has 0 aliphatic heterocycles. The lowest BCUT2D eigenvalue weighted by atomic mass is 10.3. The Balaban J connectivity index is 1.76. The molecule has 1 fully saturated rings. The van der Waals surface area contributed by atoms with Crippen LogP contribution < -0.4 is 15.8 Å². The highest BCUT2D eigenvalue weighted by Crippen LogP contribution is 2.31. The molecule has 1 saturated carbocycles. The van der Waals surface area contributed by atoms with Crippen LogP contribution in [0.4, 0.5) is 26.0 Å². The van der Waals surface area contributed by atoms with Crippen molar-refractivity contribution < 1.29 is 13.5 Å². The number of nitrogens with zero attached hydrogens (tertiary/aromatic N) is 1. The van der Waals surface area contributed by atoms with Crippen LogP contribution in [0.15, 0.2) is 30.3 Å². The molecule has 0 unspecified atom stereocenters.